The van der Waals surface area contributed by atoms with Crippen molar-refractivity contribution in [3.63, 3.8) is 0 Å². The number of fused-ring (bicyclic) bond motifs is 4. The second kappa shape index (κ2) is 7.84. The number of para-hydroxylation sites is 1. The summed E-state index contributed by atoms with van der Waals surface area (Å²) >= 11 is 0. The number of nitrogens with zero attached hydrogens (tertiary/aromatic N) is 1. The number of rotatable bonds is 0. The molecule has 1 heterocycles. The third kappa shape index (κ3) is 3.47. The predicted molar refractivity (Wildman–Crippen MR) is 127 cm³/mol. The van der Waals surface area contributed by atoms with Crippen LogP contribution in [0.25, 0.3) is 16.5 Å². The zero-order valence-electron chi connectivity index (χ0n) is 19.2. The maximum atomic E-state index is 2.54. The minimum absolute atomic E-state index is 0.493. The molecule has 0 aliphatic heterocycles. The fourth-order valence-corrected chi connectivity index (χ4v) is 6.12. The van der Waals surface area contributed by atoms with Crippen LogP contribution >= 0.6 is 0 Å². The standard InChI is InChI=1S/C29H36N/c1-19-15-24-16-23-11-9-22(10-12-23)13-14-25-18-29(27(17-24)21(3)20(19)2)30(4)28-8-6-5-7-26(25)28/h5-8,15,17-18,20,22-23H,9-14,16H2,1-4H3/q+1/t20-,22?,23?/m1/s1. The number of aromatic nitrogens is 1. The number of benzene rings is 1. The summed E-state index contributed by atoms with van der Waals surface area (Å²) in [7, 11) is 2.26. The normalized spacial score (nSPS) is 27.0. The molecule has 0 amide bonds. The summed E-state index contributed by atoms with van der Waals surface area (Å²) in [4.78, 5) is 0. The Hall–Kier alpha value is -2.15. The van der Waals surface area contributed by atoms with Crippen molar-refractivity contribution < 1.29 is 4.57 Å². The van der Waals surface area contributed by atoms with E-state index in [1.54, 1.807) is 5.57 Å². The molecule has 0 saturated heterocycles. The number of allylic oxidation sites excluding steroid dienone is 6. The van der Waals surface area contributed by atoms with E-state index >= 15 is 0 Å². The second-order valence-electron chi connectivity index (χ2n) is 10.2. The van der Waals surface area contributed by atoms with Gasteiger partial charge in [0, 0.05) is 23.1 Å². The van der Waals surface area contributed by atoms with E-state index in [0.29, 0.717) is 5.92 Å². The van der Waals surface area contributed by atoms with Crippen LogP contribution in [-0.2, 0) is 13.5 Å². The first kappa shape index (κ1) is 19.8. The van der Waals surface area contributed by atoms with Crippen molar-refractivity contribution in [3.8, 4) is 0 Å². The van der Waals surface area contributed by atoms with E-state index in [1.807, 2.05) is 0 Å². The molecule has 0 radical (unpaired) electrons. The topological polar surface area (TPSA) is 3.88 Å². The fraction of sp³-hybridized carbons (Fsp3) is 0.483. The van der Waals surface area contributed by atoms with Gasteiger partial charge < -0.3 is 0 Å². The fourth-order valence-electron chi connectivity index (χ4n) is 6.12. The number of hydrogen-bond donors (Lipinski definition) is 0. The van der Waals surface area contributed by atoms with Crippen molar-refractivity contribution in [2.75, 3.05) is 0 Å². The van der Waals surface area contributed by atoms with Crippen LogP contribution in [0.3, 0.4) is 0 Å². The van der Waals surface area contributed by atoms with E-state index in [1.165, 1.54) is 83.8 Å². The lowest BCUT2D eigenvalue weighted by Gasteiger charge is -2.29. The van der Waals surface area contributed by atoms with E-state index < -0.39 is 0 Å². The Morgan fingerprint density at radius 2 is 1.63 bits per heavy atom. The summed E-state index contributed by atoms with van der Waals surface area (Å²) < 4.78 is 2.44. The van der Waals surface area contributed by atoms with Gasteiger partial charge in [0.25, 0.3) is 0 Å². The molecule has 0 spiro atoms. The summed E-state index contributed by atoms with van der Waals surface area (Å²) in [6.45, 7) is 7.07. The van der Waals surface area contributed by atoms with Gasteiger partial charge in [-0.3, -0.25) is 0 Å². The van der Waals surface area contributed by atoms with Gasteiger partial charge in [0.15, 0.2) is 0 Å². The quantitative estimate of drug-likeness (QED) is 0.417. The molecule has 1 heteroatoms. The summed E-state index contributed by atoms with van der Waals surface area (Å²) in [5.74, 6) is 2.27. The van der Waals surface area contributed by atoms with Gasteiger partial charge in [0.1, 0.15) is 7.05 Å². The van der Waals surface area contributed by atoms with Crippen molar-refractivity contribution in [1.82, 2.24) is 0 Å². The molecule has 30 heavy (non-hydrogen) atoms. The largest absolute Gasteiger partial charge is 0.213 e. The molecular formula is C29H36N+. The van der Waals surface area contributed by atoms with Gasteiger partial charge in [0.05, 0.1) is 0 Å². The van der Waals surface area contributed by atoms with Crippen LogP contribution in [-0.4, -0.2) is 0 Å². The lowest BCUT2D eigenvalue weighted by atomic mass is 9.77. The van der Waals surface area contributed by atoms with Crippen LogP contribution in [0.4, 0.5) is 0 Å². The maximum Gasteiger partial charge on any atom is 0.213 e. The first-order valence-electron chi connectivity index (χ1n) is 12.0. The maximum absolute atomic E-state index is 2.54. The van der Waals surface area contributed by atoms with Crippen LogP contribution in [0.1, 0.15) is 70.6 Å². The zero-order chi connectivity index (χ0) is 20.8. The van der Waals surface area contributed by atoms with Crippen LogP contribution in [0.5, 0.6) is 0 Å². The Bertz CT molecular complexity index is 1070. The van der Waals surface area contributed by atoms with Gasteiger partial charge in [-0.1, -0.05) is 49.1 Å². The van der Waals surface area contributed by atoms with Crippen molar-refractivity contribution in [1.29, 1.82) is 0 Å². The molecule has 1 aromatic carbocycles. The average Bonchev–Trinajstić information content (AvgIpc) is 2.85. The monoisotopic (exact) mass is 398 g/mol. The zero-order valence-corrected chi connectivity index (χ0v) is 19.2. The van der Waals surface area contributed by atoms with Gasteiger partial charge in [-0.25, -0.2) is 0 Å². The highest BCUT2D eigenvalue weighted by molar-refractivity contribution is 5.83. The van der Waals surface area contributed by atoms with Gasteiger partial charge in [-0.15, -0.1) is 0 Å². The van der Waals surface area contributed by atoms with Crippen LogP contribution < -0.4 is 4.57 Å². The Morgan fingerprint density at radius 1 is 0.900 bits per heavy atom. The molecule has 4 aliphatic rings. The van der Waals surface area contributed by atoms with Crippen molar-refractivity contribution >= 4 is 16.5 Å². The molecule has 1 nitrogen and oxygen atoms in total. The molecule has 4 aliphatic carbocycles. The Labute approximate surface area is 182 Å². The smallest absolute Gasteiger partial charge is 0.194 e. The van der Waals surface area contributed by atoms with Crippen molar-refractivity contribution in [3.05, 3.63) is 70.5 Å². The Morgan fingerprint density at radius 3 is 2.43 bits per heavy atom. The average molecular weight is 399 g/mol. The highest BCUT2D eigenvalue weighted by Gasteiger charge is 2.28. The highest BCUT2D eigenvalue weighted by Crippen LogP contribution is 2.40. The first-order valence-corrected chi connectivity index (χ1v) is 12.0. The van der Waals surface area contributed by atoms with Gasteiger partial charge in [-0.2, -0.15) is 4.57 Å². The van der Waals surface area contributed by atoms with E-state index in [2.05, 4.69) is 74.9 Å². The number of pyridine rings is 1. The second-order valence-corrected chi connectivity index (χ2v) is 10.2. The molecule has 156 valence electrons. The summed E-state index contributed by atoms with van der Waals surface area (Å²) in [6, 6.07) is 11.5. The van der Waals surface area contributed by atoms with Gasteiger partial charge in [-0.05, 0) is 87.0 Å². The van der Waals surface area contributed by atoms with E-state index in [0.717, 1.165) is 11.8 Å². The molecule has 1 fully saturated rings. The van der Waals surface area contributed by atoms with E-state index in [4.69, 9.17) is 0 Å². The SMILES string of the molecule is CC1=CC2=CC(=C(C)[C@@H]1C)c1cc(c3ccccc3[n+]1C)CCC1CCC(CC1)C2. The minimum atomic E-state index is 0.493. The number of aryl methyl sites for hydroxylation is 2. The highest BCUT2D eigenvalue weighted by atomic mass is 14.9. The van der Waals surface area contributed by atoms with Gasteiger partial charge in [0.2, 0.25) is 11.2 Å². The third-order valence-corrected chi connectivity index (χ3v) is 8.37. The molecule has 1 aromatic heterocycles. The molecule has 0 N–H and O–H groups in total. The van der Waals surface area contributed by atoms with E-state index in [-0.39, 0.29) is 0 Å². The lowest BCUT2D eigenvalue weighted by molar-refractivity contribution is -0.647. The van der Waals surface area contributed by atoms with Gasteiger partial charge >= 0.3 is 0 Å². The Balaban J connectivity index is 1.77. The third-order valence-electron chi connectivity index (χ3n) is 8.37. The van der Waals surface area contributed by atoms with Crippen molar-refractivity contribution in [2.45, 2.75) is 65.7 Å². The van der Waals surface area contributed by atoms with E-state index in [9.17, 15) is 0 Å². The van der Waals surface area contributed by atoms with Crippen LogP contribution in [0.2, 0.25) is 0 Å². The minimum Gasteiger partial charge on any atom is -0.194 e. The van der Waals surface area contributed by atoms with Crippen molar-refractivity contribution in [2.24, 2.45) is 24.8 Å². The van der Waals surface area contributed by atoms with Crippen LogP contribution in [0, 0.1) is 17.8 Å². The molecule has 6 bridgehead atoms. The lowest BCUT2D eigenvalue weighted by Crippen LogP contribution is -2.35. The summed E-state index contributed by atoms with van der Waals surface area (Å²) in [6.07, 6.45) is 14.5. The molecular weight excluding hydrogens is 362 g/mol. The molecule has 6 rings (SSSR count). The summed E-state index contributed by atoms with van der Waals surface area (Å²) in [5.41, 5.74) is 10.3. The molecule has 1 atom stereocenters. The first-order chi connectivity index (χ1) is 14.5. The summed E-state index contributed by atoms with van der Waals surface area (Å²) in [5, 5.41) is 1.44. The molecule has 0 unspecified atom stereocenters. The molecule has 2 aromatic rings. The predicted octanol–water partition coefficient (Wildman–Crippen LogP) is 7.10. The Kier molecular flexibility index (Phi) is 5.17. The van der Waals surface area contributed by atoms with Crippen LogP contribution in [0.15, 0.2) is 59.2 Å². The molecule has 1 saturated carbocycles. The number of hydrogen-bond acceptors (Lipinski definition) is 0.